The van der Waals surface area contributed by atoms with Gasteiger partial charge in [-0.1, -0.05) is 0 Å². The number of amides is 2. The number of thiophene rings is 1. The number of hydrogen-bond acceptors (Lipinski definition) is 5. The van der Waals surface area contributed by atoms with E-state index in [-0.39, 0.29) is 29.6 Å². The number of aromatic nitrogens is 1. The molecule has 1 saturated heterocycles. The summed E-state index contributed by atoms with van der Waals surface area (Å²) in [7, 11) is -2.17. The molecule has 0 aromatic carbocycles. The van der Waals surface area contributed by atoms with Crippen LogP contribution in [0.4, 0.5) is 0 Å². The number of rotatable bonds is 4. The number of aryl methyl sites for hydroxylation is 1. The maximum absolute atomic E-state index is 12.7. The molecule has 0 saturated carbocycles. The number of primary amides is 1. The molecule has 8 nitrogen and oxygen atoms in total. The molecule has 2 amide bonds. The van der Waals surface area contributed by atoms with E-state index in [1.54, 1.807) is 23.4 Å². The lowest BCUT2D eigenvalue weighted by Gasteiger charge is -2.33. The first-order chi connectivity index (χ1) is 11.8. The number of carbonyl (C=O) groups excluding carboxylic acids is 2. The Hall–Kier alpha value is -2.17. The molecule has 0 aliphatic carbocycles. The molecular formula is C15H18N4O4S2. The Labute approximate surface area is 149 Å². The molecular weight excluding hydrogens is 364 g/mol. The topological polar surface area (TPSA) is 106 Å². The Morgan fingerprint density at radius 3 is 2.40 bits per heavy atom. The summed E-state index contributed by atoms with van der Waals surface area (Å²) in [5, 5.41) is 3.61. The van der Waals surface area contributed by atoms with E-state index in [0.29, 0.717) is 18.7 Å². The number of sulfonamides is 1. The van der Waals surface area contributed by atoms with Crippen molar-refractivity contribution in [1.29, 1.82) is 0 Å². The van der Waals surface area contributed by atoms with Gasteiger partial charge in [0, 0.05) is 44.8 Å². The van der Waals surface area contributed by atoms with Crippen molar-refractivity contribution in [3.63, 3.8) is 0 Å². The van der Waals surface area contributed by atoms with Gasteiger partial charge >= 0.3 is 0 Å². The Morgan fingerprint density at radius 1 is 1.20 bits per heavy atom. The van der Waals surface area contributed by atoms with Crippen molar-refractivity contribution >= 4 is 33.2 Å². The van der Waals surface area contributed by atoms with Crippen molar-refractivity contribution < 1.29 is 18.0 Å². The molecule has 1 aliphatic heterocycles. The van der Waals surface area contributed by atoms with Gasteiger partial charge in [-0.2, -0.15) is 15.6 Å². The summed E-state index contributed by atoms with van der Waals surface area (Å²) in [6, 6.07) is 3.03. The Balaban J connectivity index is 1.72. The van der Waals surface area contributed by atoms with Gasteiger partial charge in [-0.3, -0.25) is 9.59 Å². The quantitative estimate of drug-likeness (QED) is 0.822. The first-order valence-electron chi connectivity index (χ1n) is 7.58. The van der Waals surface area contributed by atoms with E-state index in [4.69, 9.17) is 5.73 Å². The van der Waals surface area contributed by atoms with Gasteiger partial charge in [-0.25, -0.2) is 8.42 Å². The van der Waals surface area contributed by atoms with Crippen LogP contribution in [0.25, 0.3) is 0 Å². The number of piperazine rings is 1. The smallest absolute Gasteiger partial charge is 0.265 e. The van der Waals surface area contributed by atoms with Crippen molar-refractivity contribution in [2.24, 2.45) is 12.8 Å². The second-order valence-electron chi connectivity index (χ2n) is 5.74. The summed E-state index contributed by atoms with van der Waals surface area (Å²) in [5.41, 5.74) is 5.99. The molecule has 3 rings (SSSR count). The summed E-state index contributed by atoms with van der Waals surface area (Å²) >= 11 is 1.45. The highest BCUT2D eigenvalue weighted by Gasteiger charge is 2.31. The summed E-state index contributed by atoms with van der Waals surface area (Å²) in [5.74, 6) is -0.774. The SMILES string of the molecule is Cn1cc(S(=O)(=O)N2CCN(C(=O)c3ccsc3)CC2)cc1C(N)=O. The predicted molar refractivity (Wildman–Crippen MR) is 92.9 cm³/mol. The summed E-state index contributed by atoms with van der Waals surface area (Å²) in [6.07, 6.45) is 1.37. The highest BCUT2D eigenvalue weighted by atomic mass is 32.2. The van der Waals surface area contributed by atoms with Crippen LogP contribution in [0.1, 0.15) is 20.8 Å². The van der Waals surface area contributed by atoms with E-state index in [1.165, 1.54) is 32.5 Å². The Bertz CT molecular complexity index is 894. The average Bonchev–Trinajstić information content (AvgIpc) is 3.24. The van der Waals surface area contributed by atoms with Crippen LogP contribution in [0.2, 0.25) is 0 Å². The monoisotopic (exact) mass is 382 g/mol. The molecule has 0 bridgehead atoms. The third-order valence-corrected chi connectivity index (χ3v) is 6.71. The lowest BCUT2D eigenvalue weighted by Crippen LogP contribution is -2.50. The molecule has 0 atom stereocenters. The highest BCUT2D eigenvalue weighted by molar-refractivity contribution is 7.89. The van der Waals surface area contributed by atoms with Crippen LogP contribution in [0.15, 0.2) is 34.0 Å². The van der Waals surface area contributed by atoms with Crippen LogP contribution in [-0.4, -0.2) is 60.2 Å². The van der Waals surface area contributed by atoms with E-state index in [0.717, 1.165) is 0 Å². The molecule has 134 valence electrons. The normalized spacial score (nSPS) is 16.1. The molecule has 3 heterocycles. The number of nitrogens with zero attached hydrogens (tertiary/aromatic N) is 3. The minimum Gasteiger partial charge on any atom is -0.364 e. The minimum atomic E-state index is -3.73. The zero-order chi connectivity index (χ0) is 18.2. The van der Waals surface area contributed by atoms with Gasteiger partial charge in [-0.15, -0.1) is 0 Å². The third kappa shape index (κ3) is 3.32. The standard InChI is InChI=1S/C15H18N4O4S2/c1-17-9-12(8-13(17)14(16)20)25(22,23)19-5-3-18(4-6-19)15(21)11-2-7-24-10-11/h2,7-10H,3-6H2,1H3,(H2,16,20). The van der Waals surface area contributed by atoms with Crippen LogP contribution in [0, 0.1) is 0 Å². The van der Waals surface area contributed by atoms with Gasteiger partial charge in [0.05, 0.1) is 5.56 Å². The maximum Gasteiger partial charge on any atom is 0.265 e. The molecule has 0 unspecified atom stereocenters. The first kappa shape index (κ1) is 17.6. The van der Waals surface area contributed by atoms with E-state index in [9.17, 15) is 18.0 Å². The summed E-state index contributed by atoms with van der Waals surface area (Å²) in [4.78, 5) is 25.3. The molecule has 2 aromatic heterocycles. The van der Waals surface area contributed by atoms with Crippen molar-refractivity contribution in [3.05, 3.63) is 40.3 Å². The second kappa shape index (κ2) is 6.62. The van der Waals surface area contributed by atoms with Gasteiger partial charge in [0.2, 0.25) is 10.0 Å². The van der Waals surface area contributed by atoms with E-state index in [2.05, 4.69) is 0 Å². The van der Waals surface area contributed by atoms with Crippen LogP contribution < -0.4 is 5.73 Å². The molecule has 0 spiro atoms. The molecule has 25 heavy (non-hydrogen) atoms. The van der Waals surface area contributed by atoms with Crippen molar-refractivity contribution in [1.82, 2.24) is 13.8 Å². The van der Waals surface area contributed by atoms with Crippen LogP contribution in [-0.2, 0) is 17.1 Å². The van der Waals surface area contributed by atoms with Crippen LogP contribution >= 0.6 is 11.3 Å². The highest BCUT2D eigenvalue weighted by Crippen LogP contribution is 2.21. The number of nitrogens with two attached hydrogens (primary N) is 1. The Morgan fingerprint density at radius 2 is 1.88 bits per heavy atom. The van der Waals surface area contributed by atoms with Crippen LogP contribution in [0.3, 0.4) is 0 Å². The lowest BCUT2D eigenvalue weighted by atomic mass is 10.2. The summed E-state index contributed by atoms with van der Waals surface area (Å²) in [6.45, 7) is 1.06. The molecule has 10 heteroatoms. The van der Waals surface area contributed by atoms with Gasteiger partial charge < -0.3 is 15.2 Å². The number of hydrogen-bond donors (Lipinski definition) is 1. The summed E-state index contributed by atoms with van der Waals surface area (Å²) < 4.78 is 28.2. The van der Waals surface area contributed by atoms with Crippen LogP contribution in [0.5, 0.6) is 0 Å². The zero-order valence-corrected chi connectivity index (χ0v) is 15.2. The second-order valence-corrected chi connectivity index (χ2v) is 8.46. The maximum atomic E-state index is 12.7. The Kier molecular flexibility index (Phi) is 4.67. The largest absolute Gasteiger partial charge is 0.364 e. The average molecular weight is 382 g/mol. The molecule has 1 aliphatic rings. The van der Waals surface area contributed by atoms with Crippen molar-refractivity contribution in [2.45, 2.75) is 4.90 Å². The molecule has 0 radical (unpaired) electrons. The van der Waals surface area contributed by atoms with Gasteiger partial charge in [0.1, 0.15) is 10.6 Å². The molecule has 1 fully saturated rings. The third-order valence-electron chi connectivity index (χ3n) is 4.16. The molecule has 2 N–H and O–H groups in total. The molecule has 2 aromatic rings. The van der Waals surface area contributed by atoms with E-state index in [1.807, 2.05) is 5.38 Å². The van der Waals surface area contributed by atoms with E-state index < -0.39 is 15.9 Å². The van der Waals surface area contributed by atoms with E-state index >= 15 is 0 Å². The van der Waals surface area contributed by atoms with Gasteiger partial charge in [0.25, 0.3) is 11.8 Å². The fourth-order valence-electron chi connectivity index (χ4n) is 2.77. The minimum absolute atomic E-state index is 0.0291. The van der Waals surface area contributed by atoms with Gasteiger partial charge in [-0.05, 0) is 17.5 Å². The van der Waals surface area contributed by atoms with Crippen molar-refractivity contribution in [3.8, 4) is 0 Å². The fourth-order valence-corrected chi connectivity index (χ4v) is 4.89. The van der Waals surface area contributed by atoms with Gasteiger partial charge in [0.15, 0.2) is 0 Å². The number of carbonyl (C=O) groups is 2. The zero-order valence-electron chi connectivity index (χ0n) is 13.6. The van der Waals surface area contributed by atoms with Crippen molar-refractivity contribution in [2.75, 3.05) is 26.2 Å². The lowest BCUT2D eigenvalue weighted by molar-refractivity contribution is 0.0698. The first-order valence-corrected chi connectivity index (χ1v) is 9.97. The fraction of sp³-hybridized carbons (Fsp3) is 0.333. The predicted octanol–water partition coefficient (Wildman–Crippen LogP) is 0.332.